The SMILES string of the molecule is CC(O)C1(c2ccccc2)CCN(C)CC1. The molecule has 1 atom stereocenters. The van der Waals surface area contributed by atoms with E-state index in [1.54, 1.807) is 0 Å². The second-order valence-corrected chi connectivity index (χ2v) is 5.00. The quantitative estimate of drug-likeness (QED) is 0.822. The standard InChI is InChI=1S/C14H21NO/c1-12(16)14(8-10-15(2)11-9-14)13-6-4-3-5-7-13/h3-7,12,16H,8-11H2,1-2H3. The Hall–Kier alpha value is -0.860. The van der Waals surface area contributed by atoms with E-state index in [0.717, 1.165) is 25.9 Å². The normalized spacial score (nSPS) is 22.9. The summed E-state index contributed by atoms with van der Waals surface area (Å²) in [5, 5.41) is 10.1. The number of aliphatic hydroxyl groups is 1. The fourth-order valence-electron chi connectivity index (χ4n) is 2.74. The lowest BCUT2D eigenvalue weighted by atomic mass is 9.69. The van der Waals surface area contributed by atoms with Crippen LogP contribution in [0.5, 0.6) is 0 Å². The third-order valence-electron chi connectivity index (χ3n) is 4.03. The Kier molecular flexibility index (Phi) is 3.31. The van der Waals surface area contributed by atoms with Crippen molar-refractivity contribution in [2.75, 3.05) is 20.1 Å². The first kappa shape index (κ1) is 11.6. The Labute approximate surface area is 97.9 Å². The zero-order valence-electron chi connectivity index (χ0n) is 10.2. The maximum absolute atomic E-state index is 10.1. The molecule has 2 heteroatoms. The smallest absolute Gasteiger partial charge is 0.0609 e. The maximum atomic E-state index is 10.1. The van der Waals surface area contributed by atoms with Gasteiger partial charge in [-0.05, 0) is 45.5 Å². The average Bonchev–Trinajstić information content (AvgIpc) is 2.31. The van der Waals surface area contributed by atoms with Crippen molar-refractivity contribution in [1.29, 1.82) is 0 Å². The van der Waals surface area contributed by atoms with E-state index < -0.39 is 0 Å². The summed E-state index contributed by atoms with van der Waals surface area (Å²) in [5.41, 5.74) is 1.26. The van der Waals surface area contributed by atoms with Crippen molar-refractivity contribution >= 4 is 0 Å². The molecular formula is C14H21NO. The van der Waals surface area contributed by atoms with Crippen LogP contribution in [0.3, 0.4) is 0 Å². The number of piperidine rings is 1. The number of rotatable bonds is 2. The molecule has 2 nitrogen and oxygen atoms in total. The third-order valence-corrected chi connectivity index (χ3v) is 4.03. The summed E-state index contributed by atoms with van der Waals surface area (Å²) < 4.78 is 0. The summed E-state index contributed by atoms with van der Waals surface area (Å²) in [6, 6.07) is 10.5. The number of hydrogen-bond acceptors (Lipinski definition) is 2. The minimum atomic E-state index is -0.274. The predicted octanol–water partition coefficient (Wildman–Crippen LogP) is 2.03. The minimum Gasteiger partial charge on any atom is -0.392 e. The first-order valence-corrected chi connectivity index (χ1v) is 6.07. The van der Waals surface area contributed by atoms with Gasteiger partial charge in [0.25, 0.3) is 0 Å². The second-order valence-electron chi connectivity index (χ2n) is 5.00. The van der Waals surface area contributed by atoms with Crippen molar-refractivity contribution in [3.05, 3.63) is 35.9 Å². The van der Waals surface area contributed by atoms with Gasteiger partial charge in [0.1, 0.15) is 0 Å². The van der Waals surface area contributed by atoms with Gasteiger partial charge in [-0.25, -0.2) is 0 Å². The van der Waals surface area contributed by atoms with Crippen LogP contribution >= 0.6 is 0 Å². The number of likely N-dealkylation sites (tertiary alicyclic amines) is 1. The number of aliphatic hydroxyl groups excluding tert-OH is 1. The van der Waals surface area contributed by atoms with Crippen molar-refractivity contribution in [3.63, 3.8) is 0 Å². The van der Waals surface area contributed by atoms with Crippen LogP contribution in [-0.4, -0.2) is 36.2 Å². The van der Waals surface area contributed by atoms with E-state index in [0.29, 0.717) is 0 Å². The van der Waals surface area contributed by atoms with Crippen molar-refractivity contribution in [2.24, 2.45) is 0 Å². The molecule has 0 bridgehead atoms. The molecule has 0 radical (unpaired) electrons. The van der Waals surface area contributed by atoms with Crippen molar-refractivity contribution in [2.45, 2.75) is 31.3 Å². The molecule has 1 aromatic carbocycles. The van der Waals surface area contributed by atoms with Crippen molar-refractivity contribution in [1.82, 2.24) is 4.90 Å². The van der Waals surface area contributed by atoms with Crippen LogP contribution in [0.1, 0.15) is 25.3 Å². The second kappa shape index (κ2) is 4.56. The Morgan fingerprint density at radius 3 is 2.25 bits per heavy atom. The van der Waals surface area contributed by atoms with Crippen LogP contribution in [0.2, 0.25) is 0 Å². The highest BCUT2D eigenvalue weighted by atomic mass is 16.3. The maximum Gasteiger partial charge on any atom is 0.0609 e. The Bertz CT molecular complexity index is 326. The zero-order valence-corrected chi connectivity index (χ0v) is 10.2. The molecule has 0 amide bonds. The average molecular weight is 219 g/mol. The van der Waals surface area contributed by atoms with Crippen molar-refractivity contribution < 1.29 is 5.11 Å². The molecule has 2 rings (SSSR count). The highest BCUT2D eigenvalue weighted by Gasteiger charge is 2.39. The van der Waals surface area contributed by atoms with Crippen molar-refractivity contribution in [3.8, 4) is 0 Å². The zero-order chi connectivity index (χ0) is 11.6. The van der Waals surface area contributed by atoms with Crippen LogP contribution < -0.4 is 0 Å². The van der Waals surface area contributed by atoms with E-state index in [1.165, 1.54) is 5.56 Å². The van der Waals surface area contributed by atoms with Gasteiger partial charge in [0.05, 0.1) is 6.10 Å². The van der Waals surface area contributed by atoms with E-state index in [2.05, 4.69) is 36.2 Å². The Morgan fingerprint density at radius 2 is 1.75 bits per heavy atom. The molecule has 0 spiro atoms. The molecule has 0 aliphatic carbocycles. The van der Waals surface area contributed by atoms with Gasteiger partial charge in [-0.15, -0.1) is 0 Å². The van der Waals surface area contributed by atoms with Crippen LogP contribution in [0, 0.1) is 0 Å². The summed E-state index contributed by atoms with van der Waals surface area (Å²) in [5.74, 6) is 0. The highest BCUT2D eigenvalue weighted by molar-refractivity contribution is 5.27. The van der Waals surface area contributed by atoms with E-state index in [4.69, 9.17) is 0 Å². The van der Waals surface area contributed by atoms with Crippen LogP contribution in [0.25, 0.3) is 0 Å². The Balaban J connectivity index is 2.30. The van der Waals surface area contributed by atoms with Gasteiger partial charge in [0.15, 0.2) is 0 Å². The predicted molar refractivity (Wildman–Crippen MR) is 66.5 cm³/mol. The summed E-state index contributed by atoms with van der Waals surface area (Å²) in [4.78, 5) is 2.34. The van der Waals surface area contributed by atoms with Crippen LogP contribution in [0.4, 0.5) is 0 Å². The van der Waals surface area contributed by atoms with E-state index in [1.807, 2.05) is 13.0 Å². The molecule has 1 unspecified atom stereocenters. The monoisotopic (exact) mass is 219 g/mol. The first-order valence-electron chi connectivity index (χ1n) is 6.07. The molecule has 1 aliphatic rings. The fraction of sp³-hybridized carbons (Fsp3) is 0.571. The van der Waals surface area contributed by atoms with E-state index >= 15 is 0 Å². The highest BCUT2D eigenvalue weighted by Crippen LogP contribution is 2.38. The van der Waals surface area contributed by atoms with Crippen LogP contribution in [0.15, 0.2) is 30.3 Å². The van der Waals surface area contributed by atoms with Gasteiger partial charge in [-0.2, -0.15) is 0 Å². The number of nitrogens with zero attached hydrogens (tertiary/aromatic N) is 1. The lowest BCUT2D eigenvalue weighted by Crippen LogP contribution is -2.47. The molecule has 16 heavy (non-hydrogen) atoms. The topological polar surface area (TPSA) is 23.5 Å². The van der Waals surface area contributed by atoms with Gasteiger partial charge in [0.2, 0.25) is 0 Å². The first-order chi connectivity index (χ1) is 7.65. The minimum absolute atomic E-state index is 0.0340. The molecule has 1 saturated heterocycles. The van der Waals surface area contributed by atoms with Gasteiger partial charge in [0, 0.05) is 5.41 Å². The van der Waals surface area contributed by atoms with E-state index in [-0.39, 0.29) is 11.5 Å². The van der Waals surface area contributed by atoms with E-state index in [9.17, 15) is 5.11 Å². The summed E-state index contributed by atoms with van der Waals surface area (Å²) in [7, 11) is 2.15. The van der Waals surface area contributed by atoms with Gasteiger partial charge >= 0.3 is 0 Å². The number of benzene rings is 1. The Morgan fingerprint density at radius 1 is 1.19 bits per heavy atom. The summed E-state index contributed by atoms with van der Waals surface area (Å²) in [6.45, 7) is 4.07. The number of hydrogen-bond donors (Lipinski definition) is 1. The molecule has 0 aromatic heterocycles. The molecule has 1 N–H and O–H groups in total. The largest absolute Gasteiger partial charge is 0.392 e. The molecule has 88 valence electrons. The molecule has 1 aliphatic heterocycles. The van der Waals surface area contributed by atoms with Gasteiger partial charge in [-0.3, -0.25) is 0 Å². The lowest BCUT2D eigenvalue weighted by molar-refractivity contribution is 0.0486. The molecule has 0 saturated carbocycles. The van der Waals surface area contributed by atoms with Crippen LogP contribution in [-0.2, 0) is 5.41 Å². The molecule has 1 heterocycles. The van der Waals surface area contributed by atoms with Gasteiger partial charge < -0.3 is 10.0 Å². The molecule has 1 aromatic rings. The fourth-order valence-corrected chi connectivity index (χ4v) is 2.74. The lowest BCUT2D eigenvalue weighted by Gasteiger charge is -2.43. The summed E-state index contributed by atoms with van der Waals surface area (Å²) in [6.07, 6.45) is 1.82. The molecule has 1 fully saturated rings. The third kappa shape index (κ3) is 2.00. The van der Waals surface area contributed by atoms with Gasteiger partial charge in [-0.1, -0.05) is 30.3 Å². The summed E-state index contributed by atoms with van der Waals surface area (Å²) >= 11 is 0. The molecular weight excluding hydrogens is 198 g/mol.